The number of alkyl halides is 2. The minimum absolute atomic E-state index is 0.249. The van der Waals surface area contributed by atoms with Gasteiger partial charge in [0.25, 0.3) is 5.56 Å². The molecule has 8 nitrogen and oxygen atoms in total. The molecule has 0 radical (unpaired) electrons. The number of hydrogen-bond acceptors (Lipinski definition) is 7. The van der Waals surface area contributed by atoms with Crippen LogP contribution in [0, 0.1) is 23.5 Å². The zero-order valence-corrected chi connectivity index (χ0v) is 26.2. The molecule has 2 aromatic carbocycles. The van der Waals surface area contributed by atoms with Gasteiger partial charge in [-0.05, 0) is 90.7 Å². The van der Waals surface area contributed by atoms with Crippen LogP contribution in [-0.2, 0) is 11.1 Å². The normalized spacial score (nSPS) is 18.9. The molecule has 1 aliphatic heterocycles. The average Bonchev–Trinajstić information content (AvgIpc) is 3.43. The number of nitrogens with one attached hydrogen (secondary N) is 1. The van der Waals surface area contributed by atoms with Gasteiger partial charge in [0.1, 0.15) is 23.0 Å². The molecule has 0 fully saturated rings. The van der Waals surface area contributed by atoms with Gasteiger partial charge in [-0.3, -0.25) is 14.4 Å². The van der Waals surface area contributed by atoms with Crippen LogP contribution >= 0.6 is 0 Å². The van der Waals surface area contributed by atoms with Gasteiger partial charge in [0.2, 0.25) is 11.9 Å². The Labute approximate surface area is 277 Å². The lowest BCUT2D eigenvalue weighted by molar-refractivity contribution is 0.0663. The Bertz CT molecular complexity index is 2020. The van der Waals surface area contributed by atoms with Crippen molar-refractivity contribution in [2.45, 2.75) is 43.6 Å². The number of pyridine rings is 3. The first-order chi connectivity index (χ1) is 23.2. The lowest BCUT2D eigenvalue weighted by atomic mass is 9.78. The molecular weight excluding hydrogens is 648 g/mol. The lowest BCUT2D eigenvalue weighted by Gasteiger charge is -2.35. The SMILES string of the molecule is C[C@@H]1N=C(c2ccc(=O)n(C(F)F)c2)N[C@@]1(c1ccc(F)cc1)c1ccnc(F)c1.C[C@H](N)[C@](N)(c1ccc(F)cc1)c1ccnc(F)c1. The number of aliphatic imine (C=N–C) groups is 1. The van der Waals surface area contributed by atoms with Crippen LogP contribution in [0.4, 0.5) is 26.3 Å². The molecule has 5 aromatic rings. The molecule has 0 amide bonds. The number of halogens is 6. The van der Waals surface area contributed by atoms with Gasteiger partial charge < -0.3 is 16.8 Å². The van der Waals surface area contributed by atoms with Gasteiger partial charge in [0, 0.05) is 36.3 Å². The number of hydrogen-bond donors (Lipinski definition) is 3. The molecular formula is C35H31F6N7O. The van der Waals surface area contributed by atoms with E-state index in [2.05, 4.69) is 20.3 Å². The van der Waals surface area contributed by atoms with Crippen LogP contribution in [0.15, 0.2) is 113 Å². The predicted octanol–water partition coefficient (Wildman–Crippen LogP) is 5.51. The second-order valence-electron chi connectivity index (χ2n) is 11.4. The van der Waals surface area contributed by atoms with E-state index < -0.39 is 53.0 Å². The first-order valence-corrected chi connectivity index (χ1v) is 14.9. The maximum absolute atomic E-state index is 13.9. The summed E-state index contributed by atoms with van der Waals surface area (Å²) in [4.78, 5) is 23.3. The number of nitrogens with zero attached hydrogens (tertiary/aromatic N) is 4. The smallest absolute Gasteiger partial charge is 0.321 e. The van der Waals surface area contributed by atoms with Crippen LogP contribution in [0.1, 0.15) is 48.2 Å². The number of aromatic nitrogens is 3. The van der Waals surface area contributed by atoms with Crippen LogP contribution in [0.3, 0.4) is 0 Å². The summed E-state index contributed by atoms with van der Waals surface area (Å²) < 4.78 is 80.4. The van der Waals surface area contributed by atoms with Crippen molar-refractivity contribution < 1.29 is 26.3 Å². The minimum atomic E-state index is -3.01. The minimum Gasteiger partial charge on any atom is -0.354 e. The fourth-order valence-electron chi connectivity index (χ4n) is 5.79. The van der Waals surface area contributed by atoms with Crippen LogP contribution in [0.2, 0.25) is 0 Å². The molecule has 49 heavy (non-hydrogen) atoms. The number of benzene rings is 2. The molecule has 0 saturated carbocycles. The monoisotopic (exact) mass is 679 g/mol. The molecule has 4 atom stereocenters. The van der Waals surface area contributed by atoms with E-state index in [1.54, 1.807) is 50.2 Å². The molecule has 0 saturated heterocycles. The third-order valence-electron chi connectivity index (χ3n) is 8.41. The highest BCUT2D eigenvalue weighted by Gasteiger charge is 2.45. The van der Waals surface area contributed by atoms with Crippen molar-refractivity contribution in [2.24, 2.45) is 16.5 Å². The van der Waals surface area contributed by atoms with Gasteiger partial charge in [-0.25, -0.2) is 18.7 Å². The molecule has 0 spiro atoms. The molecule has 0 aliphatic carbocycles. The van der Waals surface area contributed by atoms with E-state index in [-0.39, 0.29) is 17.2 Å². The third-order valence-corrected chi connectivity index (χ3v) is 8.41. The fraction of sp³-hybridized carbons (Fsp3) is 0.200. The van der Waals surface area contributed by atoms with Gasteiger partial charge in [0.05, 0.1) is 11.6 Å². The van der Waals surface area contributed by atoms with Crippen molar-refractivity contribution in [2.75, 3.05) is 0 Å². The summed E-state index contributed by atoms with van der Waals surface area (Å²) >= 11 is 0. The molecule has 3 aromatic heterocycles. The lowest BCUT2D eigenvalue weighted by Crippen LogP contribution is -2.51. The Hall–Kier alpha value is -5.34. The van der Waals surface area contributed by atoms with Crippen molar-refractivity contribution in [3.05, 3.63) is 165 Å². The number of nitrogens with two attached hydrogens (primary N) is 2. The van der Waals surface area contributed by atoms with E-state index in [1.165, 1.54) is 54.9 Å². The van der Waals surface area contributed by atoms with Crippen LogP contribution in [-0.4, -0.2) is 32.5 Å². The summed E-state index contributed by atoms with van der Waals surface area (Å²) in [6.07, 6.45) is 3.65. The predicted molar refractivity (Wildman–Crippen MR) is 172 cm³/mol. The van der Waals surface area contributed by atoms with Crippen molar-refractivity contribution in [1.29, 1.82) is 0 Å². The van der Waals surface area contributed by atoms with E-state index in [0.29, 0.717) is 26.8 Å². The number of amidine groups is 1. The largest absolute Gasteiger partial charge is 0.354 e. The molecule has 14 heteroatoms. The van der Waals surface area contributed by atoms with E-state index in [9.17, 15) is 31.1 Å². The van der Waals surface area contributed by atoms with Crippen molar-refractivity contribution >= 4 is 5.84 Å². The second-order valence-corrected chi connectivity index (χ2v) is 11.4. The number of rotatable bonds is 7. The maximum Gasteiger partial charge on any atom is 0.321 e. The Morgan fingerprint density at radius 2 is 1.41 bits per heavy atom. The third kappa shape index (κ3) is 6.96. The fourth-order valence-corrected chi connectivity index (χ4v) is 5.79. The standard InChI is InChI=1S/C21H16F4N4O.C14H15F2N3/c1-12-21(14-3-5-16(22)6-4-14,15-8-9-26-17(23)10-15)28-19(27-12)13-2-7-18(30)29(11-13)20(24)25;1-9(17)14(18,10-2-4-12(15)5-3-10)11-6-7-19-13(16)8-11/h2-12,20H,1H3,(H,27,28);2-9H,17-18H2,1H3/t12-,21-;9-,14-/m00/s1. The Balaban J connectivity index is 0.000000212. The van der Waals surface area contributed by atoms with Gasteiger partial charge in [-0.15, -0.1) is 0 Å². The van der Waals surface area contributed by atoms with E-state index in [0.717, 1.165) is 12.3 Å². The topological polar surface area (TPSA) is 124 Å². The van der Waals surface area contributed by atoms with Crippen LogP contribution < -0.4 is 22.3 Å². The Morgan fingerprint density at radius 1 is 0.816 bits per heavy atom. The average molecular weight is 680 g/mol. The summed E-state index contributed by atoms with van der Waals surface area (Å²) in [5, 5.41) is 3.21. The summed E-state index contributed by atoms with van der Waals surface area (Å²) in [6.45, 7) is 0.486. The molecule has 5 N–H and O–H groups in total. The van der Waals surface area contributed by atoms with Crippen LogP contribution in [0.5, 0.6) is 0 Å². The first kappa shape index (κ1) is 35.0. The van der Waals surface area contributed by atoms with E-state index >= 15 is 0 Å². The molecule has 4 heterocycles. The molecule has 6 rings (SSSR count). The highest BCUT2D eigenvalue weighted by Crippen LogP contribution is 2.39. The Morgan fingerprint density at radius 3 is 1.98 bits per heavy atom. The molecule has 0 unspecified atom stereocenters. The molecule has 254 valence electrons. The highest BCUT2D eigenvalue weighted by molar-refractivity contribution is 6.01. The molecule has 1 aliphatic rings. The molecule has 0 bridgehead atoms. The second kappa shape index (κ2) is 14.0. The highest BCUT2D eigenvalue weighted by atomic mass is 19.3. The summed E-state index contributed by atoms with van der Waals surface area (Å²) in [5.41, 5.74) is 11.7. The van der Waals surface area contributed by atoms with Gasteiger partial charge in [0.15, 0.2) is 0 Å². The van der Waals surface area contributed by atoms with Crippen molar-refractivity contribution in [1.82, 2.24) is 19.9 Å². The summed E-state index contributed by atoms with van der Waals surface area (Å²) in [5.74, 6) is -1.89. The van der Waals surface area contributed by atoms with Crippen molar-refractivity contribution in [3.63, 3.8) is 0 Å². The zero-order valence-electron chi connectivity index (χ0n) is 26.2. The van der Waals surface area contributed by atoms with E-state index in [4.69, 9.17) is 11.5 Å². The summed E-state index contributed by atoms with van der Waals surface area (Å²) in [6, 6.07) is 18.5. The maximum atomic E-state index is 13.9. The summed E-state index contributed by atoms with van der Waals surface area (Å²) in [7, 11) is 0. The first-order valence-electron chi connectivity index (χ1n) is 14.9. The Kier molecular flexibility index (Phi) is 10.0. The van der Waals surface area contributed by atoms with Gasteiger partial charge in [-0.2, -0.15) is 17.6 Å². The van der Waals surface area contributed by atoms with Crippen LogP contribution in [0.25, 0.3) is 0 Å². The van der Waals surface area contributed by atoms with Gasteiger partial charge >= 0.3 is 6.55 Å². The van der Waals surface area contributed by atoms with Gasteiger partial charge in [-0.1, -0.05) is 24.3 Å². The zero-order chi connectivity index (χ0) is 35.5. The van der Waals surface area contributed by atoms with E-state index in [1.807, 2.05) is 0 Å². The van der Waals surface area contributed by atoms with Crippen molar-refractivity contribution in [3.8, 4) is 0 Å². The quantitative estimate of drug-likeness (QED) is 0.154.